The predicted molar refractivity (Wildman–Crippen MR) is 64.3 cm³/mol. The molecule has 2 unspecified atom stereocenters. The number of thiazole rings is 1. The molecule has 2 atom stereocenters. The molecule has 3 N–H and O–H groups in total. The zero-order valence-electron chi connectivity index (χ0n) is 9.20. The van der Waals surface area contributed by atoms with Crippen LogP contribution in [0, 0.1) is 6.92 Å². The maximum atomic E-state index is 5.87. The molecule has 3 nitrogen and oxygen atoms in total. The Hall–Kier alpha value is -0.450. The lowest BCUT2D eigenvalue weighted by atomic mass is 9.92. The molecule has 0 bridgehead atoms. The number of hydrogen-bond acceptors (Lipinski definition) is 4. The number of nitrogens with two attached hydrogens (primary N) is 1. The Balaban J connectivity index is 2.08. The molecule has 0 aliphatic carbocycles. The molecule has 1 fully saturated rings. The minimum Gasteiger partial charge on any atom is -0.330 e. The van der Waals surface area contributed by atoms with Gasteiger partial charge in [-0.05, 0) is 26.3 Å². The zero-order chi connectivity index (χ0) is 10.7. The summed E-state index contributed by atoms with van der Waals surface area (Å²) in [6.07, 6.45) is 3.85. The van der Waals surface area contributed by atoms with Crippen LogP contribution >= 0.6 is 11.3 Å². The lowest BCUT2D eigenvalue weighted by Gasteiger charge is -2.29. The van der Waals surface area contributed by atoms with Crippen molar-refractivity contribution in [3.63, 3.8) is 0 Å². The molecule has 0 amide bonds. The molecule has 0 radical (unpaired) electrons. The Bertz CT molecular complexity index is 305. The van der Waals surface area contributed by atoms with Crippen molar-refractivity contribution in [2.75, 3.05) is 13.1 Å². The molecular formula is C11H19N3S. The fraction of sp³-hybridized carbons (Fsp3) is 0.727. The Kier molecular flexibility index (Phi) is 3.72. The third kappa shape index (κ3) is 2.56. The highest BCUT2D eigenvalue weighted by molar-refractivity contribution is 7.09. The number of aryl methyl sites for hydroxylation is 1. The van der Waals surface area contributed by atoms with Gasteiger partial charge in [-0.15, -0.1) is 11.3 Å². The molecule has 2 rings (SSSR count). The van der Waals surface area contributed by atoms with Gasteiger partial charge in [-0.1, -0.05) is 6.42 Å². The molecule has 84 valence electrons. The van der Waals surface area contributed by atoms with Gasteiger partial charge in [-0.3, -0.25) is 0 Å². The van der Waals surface area contributed by atoms with Gasteiger partial charge < -0.3 is 11.1 Å². The fourth-order valence-corrected chi connectivity index (χ4v) is 3.18. The molecule has 1 aromatic heterocycles. The van der Waals surface area contributed by atoms with E-state index in [1.54, 1.807) is 11.3 Å². The van der Waals surface area contributed by atoms with Crippen molar-refractivity contribution in [1.82, 2.24) is 10.3 Å². The molecule has 15 heavy (non-hydrogen) atoms. The van der Waals surface area contributed by atoms with Crippen LogP contribution in [-0.2, 0) is 0 Å². The summed E-state index contributed by atoms with van der Waals surface area (Å²) in [5.74, 6) is 0.406. The average molecular weight is 225 g/mol. The van der Waals surface area contributed by atoms with E-state index in [4.69, 9.17) is 5.73 Å². The molecule has 1 aliphatic heterocycles. The van der Waals surface area contributed by atoms with E-state index in [0.717, 1.165) is 12.2 Å². The van der Waals surface area contributed by atoms with E-state index in [1.165, 1.54) is 24.3 Å². The minimum absolute atomic E-state index is 0.406. The summed E-state index contributed by atoms with van der Waals surface area (Å²) >= 11 is 1.74. The van der Waals surface area contributed by atoms with Gasteiger partial charge >= 0.3 is 0 Å². The fourth-order valence-electron chi connectivity index (χ4n) is 2.20. The molecule has 0 aromatic carbocycles. The number of piperidine rings is 1. The Labute approximate surface area is 95.1 Å². The van der Waals surface area contributed by atoms with Gasteiger partial charge in [0.25, 0.3) is 0 Å². The predicted octanol–water partition coefficient (Wildman–Crippen LogP) is 1.64. The van der Waals surface area contributed by atoms with Gasteiger partial charge in [0, 0.05) is 29.6 Å². The first-order chi connectivity index (χ1) is 7.31. The quantitative estimate of drug-likeness (QED) is 0.822. The molecule has 0 spiro atoms. The van der Waals surface area contributed by atoms with Crippen LogP contribution in [0.3, 0.4) is 0 Å². The standard InChI is InChI=1S/C11H19N3S/c1-8-7-15-11(14-8)9(6-12)10-4-2-3-5-13-10/h7,9-10,13H,2-6,12H2,1H3. The van der Waals surface area contributed by atoms with E-state index in [2.05, 4.69) is 15.7 Å². The number of aromatic nitrogens is 1. The monoisotopic (exact) mass is 225 g/mol. The van der Waals surface area contributed by atoms with Crippen molar-refractivity contribution < 1.29 is 0 Å². The molecule has 1 aliphatic rings. The molecular weight excluding hydrogens is 206 g/mol. The number of nitrogens with zero attached hydrogens (tertiary/aromatic N) is 1. The summed E-state index contributed by atoms with van der Waals surface area (Å²) in [5, 5.41) is 6.88. The van der Waals surface area contributed by atoms with Gasteiger partial charge in [-0.2, -0.15) is 0 Å². The van der Waals surface area contributed by atoms with Gasteiger partial charge in [0.15, 0.2) is 0 Å². The summed E-state index contributed by atoms with van der Waals surface area (Å²) in [5.41, 5.74) is 6.99. The number of hydrogen-bond donors (Lipinski definition) is 2. The van der Waals surface area contributed by atoms with Crippen molar-refractivity contribution in [2.24, 2.45) is 5.73 Å². The first-order valence-corrected chi connectivity index (χ1v) is 6.54. The topological polar surface area (TPSA) is 50.9 Å². The number of rotatable bonds is 3. The third-order valence-corrected chi connectivity index (χ3v) is 4.14. The van der Waals surface area contributed by atoms with Crippen molar-refractivity contribution >= 4 is 11.3 Å². The summed E-state index contributed by atoms with van der Waals surface area (Å²) in [4.78, 5) is 4.56. The van der Waals surface area contributed by atoms with Crippen LogP contribution in [0.5, 0.6) is 0 Å². The van der Waals surface area contributed by atoms with E-state index >= 15 is 0 Å². The molecule has 0 saturated carbocycles. The second kappa shape index (κ2) is 5.05. The first-order valence-electron chi connectivity index (χ1n) is 5.66. The summed E-state index contributed by atoms with van der Waals surface area (Å²) in [6.45, 7) is 3.87. The van der Waals surface area contributed by atoms with Crippen LogP contribution < -0.4 is 11.1 Å². The Morgan fingerprint density at radius 3 is 3.07 bits per heavy atom. The smallest absolute Gasteiger partial charge is 0.0987 e. The van der Waals surface area contributed by atoms with E-state index in [-0.39, 0.29) is 0 Å². The van der Waals surface area contributed by atoms with Crippen molar-refractivity contribution in [3.05, 3.63) is 16.1 Å². The average Bonchev–Trinajstić information content (AvgIpc) is 2.68. The maximum Gasteiger partial charge on any atom is 0.0987 e. The van der Waals surface area contributed by atoms with Crippen molar-refractivity contribution in [3.8, 4) is 0 Å². The number of nitrogens with one attached hydrogen (secondary N) is 1. The molecule has 4 heteroatoms. The Morgan fingerprint density at radius 1 is 1.67 bits per heavy atom. The van der Waals surface area contributed by atoms with E-state index < -0.39 is 0 Å². The second-order valence-corrected chi connectivity index (χ2v) is 5.12. The largest absolute Gasteiger partial charge is 0.330 e. The highest BCUT2D eigenvalue weighted by atomic mass is 32.1. The zero-order valence-corrected chi connectivity index (χ0v) is 10.0. The van der Waals surface area contributed by atoms with Crippen LogP contribution in [0.15, 0.2) is 5.38 Å². The van der Waals surface area contributed by atoms with E-state index in [9.17, 15) is 0 Å². The van der Waals surface area contributed by atoms with Crippen LogP contribution in [0.2, 0.25) is 0 Å². The lowest BCUT2D eigenvalue weighted by Crippen LogP contribution is -2.41. The first kappa shape index (κ1) is 11.0. The Morgan fingerprint density at radius 2 is 2.53 bits per heavy atom. The highest BCUT2D eigenvalue weighted by Crippen LogP contribution is 2.26. The second-order valence-electron chi connectivity index (χ2n) is 4.23. The van der Waals surface area contributed by atoms with Crippen LogP contribution in [0.4, 0.5) is 0 Å². The van der Waals surface area contributed by atoms with E-state index in [1.807, 2.05) is 6.92 Å². The van der Waals surface area contributed by atoms with Crippen LogP contribution in [-0.4, -0.2) is 24.1 Å². The highest BCUT2D eigenvalue weighted by Gasteiger charge is 2.25. The van der Waals surface area contributed by atoms with Crippen LogP contribution in [0.25, 0.3) is 0 Å². The van der Waals surface area contributed by atoms with Crippen LogP contribution in [0.1, 0.15) is 35.9 Å². The minimum atomic E-state index is 0.406. The summed E-state index contributed by atoms with van der Waals surface area (Å²) < 4.78 is 0. The lowest BCUT2D eigenvalue weighted by molar-refractivity contribution is 0.352. The van der Waals surface area contributed by atoms with E-state index in [0.29, 0.717) is 18.5 Å². The van der Waals surface area contributed by atoms with Gasteiger partial charge in [0.05, 0.1) is 5.01 Å². The normalized spacial score (nSPS) is 24.0. The molecule has 1 saturated heterocycles. The SMILES string of the molecule is Cc1csc(C(CN)C2CCCCN2)n1. The van der Waals surface area contributed by atoms with Crippen molar-refractivity contribution in [1.29, 1.82) is 0 Å². The van der Waals surface area contributed by atoms with Gasteiger partial charge in [0.2, 0.25) is 0 Å². The molecule has 2 heterocycles. The van der Waals surface area contributed by atoms with Crippen molar-refractivity contribution in [2.45, 2.75) is 38.1 Å². The molecule has 1 aromatic rings. The third-order valence-electron chi connectivity index (χ3n) is 3.04. The maximum absolute atomic E-state index is 5.87. The summed E-state index contributed by atoms with van der Waals surface area (Å²) in [6, 6.07) is 0.536. The summed E-state index contributed by atoms with van der Waals surface area (Å²) in [7, 11) is 0. The van der Waals surface area contributed by atoms with Gasteiger partial charge in [0.1, 0.15) is 0 Å². The van der Waals surface area contributed by atoms with Gasteiger partial charge in [-0.25, -0.2) is 4.98 Å².